The van der Waals surface area contributed by atoms with Crippen molar-refractivity contribution in [1.82, 2.24) is 10.3 Å². The number of aromatic nitrogens is 1. The summed E-state index contributed by atoms with van der Waals surface area (Å²) in [5.74, 6) is -0.0673. The Morgan fingerprint density at radius 2 is 2.50 bits per heavy atom. The van der Waals surface area contributed by atoms with Gasteiger partial charge in [-0.05, 0) is 6.08 Å². The van der Waals surface area contributed by atoms with E-state index in [2.05, 4.69) is 10.3 Å². The van der Waals surface area contributed by atoms with Crippen molar-refractivity contribution in [2.45, 2.75) is 6.92 Å². The minimum atomic E-state index is -0.0673. The van der Waals surface area contributed by atoms with Crippen molar-refractivity contribution in [2.24, 2.45) is 0 Å². The largest absolute Gasteiger partial charge is 0.353 e. The molecule has 5 heteroatoms. The molecule has 1 amide bonds. The number of carbonyl (C=O) groups excluding carboxylic acids is 2. The minimum absolute atomic E-state index is 0.0673. The van der Waals surface area contributed by atoms with Crippen LogP contribution in [0.3, 0.4) is 0 Å². The molecule has 0 fully saturated rings. The molecule has 0 unspecified atom stereocenters. The van der Waals surface area contributed by atoms with E-state index in [1.165, 1.54) is 18.3 Å². The van der Waals surface area contributed by atoms with Crippen molar-refractivity contribution >= 4 is 29.6 Å². The molecule has 0 aliphatic heterocycles. The number of nitrogens with one attached hydrogen (secondary N) is 1. The molecule has 0 bridgehead atoms. The van der Waals surface area contributed by atoms with Gasteiger partial charge in [-0.1, -0.05) is 6.08 Å². The molecule has 0 aromatic carbocycles. The summed E-state index contributed by atoms with van der Waals surface area (Å²) in [6, 6.07) is 0. The average molecular weight is 210 g/mol. The van der Waals surface area contributed by atoms with Gasteiger partial charge in [-0.15, -0.1) is 11.3 Å². The Morgan fingerprint density at radius 3 is 3.07 bits per heavy atom. The van der Waals surface area contributed by atoms with Crippen molar-refractivity contribution in [1.29, 1.82) is 0 Å². The third kappa shape index (κ3) is 3.49. The van der Waals surface area contributed by atoms with Gasteiger partial charge in [0.1, 0.15) is 10.7 Å². The highest BCUT2D eigenvalue weighted by molar-refractivity contribution is 7.10. The molecule has 0 saturated heterocycles. The Labute approximate surface area is 85.7 Å². The van der Waals surface area contributed by atoms with Gasteiger partial charge < -0.3 is 5.32 Å². The Balaban J connectivity index is 2.43. The summed E-state index contributed by atoms with van der Waals surface area (Å²) in [7, 11) is 0. The first-order valence-electron chi connectivity index (χ1n) is 4.04. The lowest BCUT2D eigenvalue weighted by Gasteiger charge is -1.92. The van der Waals surface area contributed by atoms with Crippen molar-refractivity contribution in [2.75, 3.05) is 6.54 Å². The highest BCUT2D eigenvalue weighted by Gasteiger charge is 1.95. The average Bonchev–Trinajstić information content (AvgIpc) is 2.60. The van der Waals surface area contributed by atoms with E-state index < -0.39 is 0 Å². The van der Waals surface area contributed by atoms with Crippen molar-refractivity contribution in [3.05, 3.63) is 22.2 Å². The fraction of sp³-hybridized carbons (Fsp3) is 0.222. The molecule has 1 aromatic rings. The molecule has 0 atom stereocenters. The van der Waals surface area contributed by atoms with Crippen LogP contribution in [0.2, 0.25) is 0 Å². The van der Waals surface area contributed by atoms with Gasteiger partial charge in [0, 0.05) is 18.8 Å². The summed E-state index contributed by atoms with van der Waals surface area (Å²) in [6.07, 6.45) is 4.27. The third-order valence-corrected chi connectivity index (χ3v) is 2.22. The fourth-order valence-corrected chi connectivity index (χ4v) is 1.48. The van der Waals surface area contributed by atoms with Crippen LogP contribution in [0.25, 0.3) is 6.08 Å². The first kappa shape index (κ1) is 10.6. The monoisotopic (exact) mass is 210 g/mol. The van der Waals surface area contributed by atoms with Crippen molar-refractivity contribution in [3.63, 3.8) is 0 Å². The van der Waals surface area contributed by atoms with Gasteiger partial charge in [0.2, 0.25) is 5.91 Å². The van der Waals surface area contributed by atoms with Gasteiger partial charge in [0.05, 0.1) is 0 Å². The zero-order valence-corrected chi connectivity index (χ0v) is 8.50. The first-order chi connectivity index (χ1) is 6.72. The Hall–Kier alpha value is -1.49. The second-order valence-electron chi connectivity index (χ2n) is 2.57. The standard InChI is InChI=1S/C9H10N2O2S/c1-7(13)10-4-2-3-9-11-8(5-12)6-14-9/h2-3,5-6H,4H2,1H3,(H,10,13). The summed E-state index contributed by atoms with van der Waals surface area (Å²) in [4.78, 5) is 24.8. The summed E-state index contributed by atoms with van der Waals surface area (Å²) in [6.45, 7) is 1.94. The van der Waals surface area contributed by atoms with Crippen molar-refractivity contribution in [3.8, 4) is 0 Å². The van der Waals surface area contributed by atoms with E-state index in [0.29, 0.717) is 18.5 Å². The zero-order valence-electron chi connectivity index (χ0n) is 7.69. The van der Waals surface area contributed by atoms with E-state index in [1.807, 2.05) is 0 Å². The second kappa shape index (κ2) is 5.29. The third-order valence-electron chi connectivity index (χ3n) is 1.39. The number of thiazole rings is 1. The molecule has 0 spiro atoms. The zero-order chi connectivity index (χ0) is 10.4. The lowest BCUT2D eigenvalue weighted by atomic mass is 10.5. The lowest BCUT2D eigenvalue weighted by Crippen LogP contribution is -2.19. The minimum Gasteiger partial charge on any atom is -0.353 e. The molecule has 1 heterocycles. The highest BCUT2D eigenvalue weighted by Crippen LogP contribution is 2.09. The maximum absolute atomic E-state index is 10.5. The molecular formula is C9H10N2O2S. The van der Waals surface area contributed by atoms with E-state index in [1.54, 1.807) is 17.5 Å². The summed E-state index contributed by atoms with van der Waals surface area (Å²) in [5, 5.41) is 5.07. The van der Waals surface area contributed by atoms with E-state index in [-0.39, 0.29) is 5.91 Å². The van der Waals surface area contributed by atoms with Crippen LogP contribution in [0.5, 0.6) is 0 Å². The molecule has 1 rings (SSSR count). The van der Waals surface area contributed by atoms with Crippen LogP contribution in [-0.2, 0) is 4.79 Å². The van der Waals surface area contributed by atoms with E-state index in [9.17, 15) is 9.59 Å². The van der Waals surface area contributed by atoms with Gasteiger partial charge in [-0.2, -0.15) is 0 Å². The van der Waals surface area contributed by atoms with Crippen LogP contribution >= 0.6 is 11.3 Å². The normalized spacial score (nSPS) is 10.4. The molecule has 0 aliphatic rings. The Kier molecular flexibility index (Phi) is 4.00. The lowest BCUT2D eigenvalue weighted by molar-refractivity contribution is -0.118. The molecule has 4 nitrogen and oxygen atoms in total. The Morgan fingerprint density at radius 1 is 1.71 bits per heavy atom. The number of hydrogen-bond acceptors (Lipinski definition) is 4. The van der Waals surface area contributed by atoms with Gasteiger partial charge in [0.25, 0.3) is 0 Å². The van der Waals surface area contributed by atoms with Crippen LogP contribution in [0, 0.1) is 0 Å². The van der Waals surface area contributed by atoms with E-state index in [0.717, 1.165) is 5.01 Å². The van der Waals surface area contributed by atoms with Crippen LogP contribution in [0.1, 0.15) is 22.4 Å². The predicted molar refractivity (Wildman–Crippen MR) is 55.2 cm³/mol. The fourth-order valence-electron chi connectivity index (χ4n) is 0.794. The SMILES string of the molecule is CC(=O)NCC=Cc1nc(C=O)cs1. The maximum atomic E-state index is 10.5. The Bertz CT molecular complexity index is 357. The van der Waals surface area contributed by atoms with Gasteiger partial charge in [-0.3, -0.25) is 9.59 Å². The van der Waals surface area contributed by atoms with Crippen LogP contribution in [-0.4, -0.2) is 23.7 Å². The molecule has 1 aromatic heterocycles. The highest BCUT2D eigenvalue weighted by atomic mass is 32.1. The summed E-state index contributed by atoms with van der Waals surface area (Å²) in [5.41, 5.74) is 0.439. The van der Waals surface area contributed by atoms with Gasteiger partial charge >= 0.3 is 0 Å². The number of nitrogens with zero attached hydrogens (tertiary/aromatic N) is 1. The van der Waals surface area contributed by atoms with Gasteiger partial charge in [0.15, 0.2) is 6.29 Å². The molecule has 74 valence electrons. The molecular weight excluding hydrogens is 200 g/mol. The predicted octanol–water partition coefficient (Wildman–Crippen LogP) is 1.10. The maximum Gasteiger partial charge on any atom is 0.217 e. The number of carbonyl (C=O) groups is 2. The van der Waals surface area contributed by atoms with E-state index >= 15 is 0 Å². The first-order valence-corrected chi connectivity index (χ1v) is 4.92. The number of amides is 1. The van der Waals surface area contributed by atoms with Crippen molar-refractivity contribution < 1.29 is 9.59 Å². The quantitative estimate of drug-likeness (QED) is 0.757. The molecule has 0 aliphatic carbocycles. The number of hydrogen-bond donors (Lipinski definition) is 1. The van der Waals surface area contributed by atoms with Crippen LogP contribution in [0.4, 0.5) is 0 Å². The topological polar surface area (TPSA) is 59.1 Å². The second-order valence-corrected chi connectivity index (χ2v) is 3.46. The molecule has 0 radical (unpaired) electrons. The smallest absolute Gasteiger partial charge is 0.217 e. The molecule has 1 N–H and O–H groups in total. The van der Waals surface area contributed by atoms with E-state index in [4.69, 9.17) is 0 Å². The van der Waals surface area contributed by atoms with Crippen LogP contribution < -0.4 is 5.32 Å². The number of aldehydes is 1. The summed E-state index contributed by atoms with van der Waals surface area (Å²) >= 11 is 1.39. The van der Waals surface area contributed by atoms with Gasteiger partial charge in [-0.25, -0.2) is 4.98 Å². The number of rotatable bonds is 4. The molecule has 0 saturated carbocycles. The van der Waals surface area contributed by atoms with Crippen LogP contribution in [0.15, 0.2) is 11.5 Å². The molecule has 14 heavy (non-hydrogen) atoms. The summed E-state index contributed by atoms with van der Waals surface area (Å²) < 4.78 is 0.